The minimum Gasteiger partial charge on any atom is -0.493 e. The molecular weight excluding hydrogens is 416 g/mol. The number of carbonyl (C=O) groups excluding carboxylic acids is 1. The topological polar surface area (TPSA) is 84.9 Å². The van der Waals surface area contributed by atoms with Crippen LogP contribution in [0.1, 0.15) is 43.0 Å². The standard InChI is InChI=1S/C23H32N2O5S/c1-8-20(18-9-10-21(29-5)22(14-18)30-6)24-23(26)17(4)25(31(7,27)28)19-12-15(2)11-16(3)13-19/h9-14,17,20H,8H2,1-7H3,(H,24,26). The smallest absolute Gasteiger partial charge is 0.244 e. The molecule has 0 heterocycles. The molecule has 0 bridgehead atoms. The molecule has 31 heavy (non-hydrogen) atoms. The van der Waals surface area contributed by atoms with Gasteiger partial charge in [0.15, 0.2) is 11.5 Å². The van der Waals surface area contributed by atoms with Crippen molar-refractivity contribution in [1.29, 1.82) is 0 Å². The van der Waals surface area contributed by atoms with E-state index < -0.39 is 16.1 Å². The van der Waals surface area contributed by atoms with Crippen LogP contribution in [0.15, 0.2) is 36.4 Å². The van der Waals surface area contributed by atoms with Crippen molar-refractivity contribution in [2.24, 2.45) is 0 Å². The molecule has 0 aromatic heterocycles. The van der Waals surface area contributed by atoms with Crippen LogP contribution in [0.3, 0.4) is 0 Å². The van der Waals surface area contributed by atoms with Gasteiger partial charge in [0.25, 0.3) is 0 Å². The lowest BCUT2D eigenvalue weighted by atomic mass is 10.0. The van der Waals surface area contributed by atoms with Gasteiger partial charge in [-0.2, -0.15) is 0 Å². The highest BCUT2D eigenvalue weighted by Crippen LogP contribution is 2.31. The third-order valence-electron chi connectivity index (χ3n) is 5.08. The molecule has 2 unspecified atom stereocenters. The van der Waals surface area contributed by atoms with Crippen LogP contribution in [0.4, 0.5) is 5.69 Å². The normalized spacial score (nSPS) is 13.3. The molecule has 1 amide bonds. The van der Waals surface area contributed by atoms with Crippen LogP contribution in [-0.2, 0) is 14.8 Å². The van der Waals surface area contributed by atoms with Crippen molar-refractivity contribution in [2.75, 3.05) is 24.8 Å². The molecule has 0 aliphatic rings. The van der Waals surface area contributed by atoms with Gasteiger partial charge in [-0.05, 0) is 68.1 Å². The van der Waals surface area contributed by atoms with Gasteiger partial charge in [0.1, 0.15) is 6.04 Å². The molecule has 2 aromatic carbocycles. The fraction of sp³-hybridized carbons (Fsp3) is 0.435. The van der Waals surface area contributed by atoms with E-state index in [2.05, 4.69) is 5.32 Å². The summed E-state index contributed by atoms with van der Waals surface area (Å²) in [6.07, 6.45) is 1.73. The van der Waals surface area contributed by atoms with Crippen LogP contribution < -0.4 is 19.1 Å². The zero-order valence-electron chi connectivity index (χ0n) is 19.2. The monoisotopic (exact) mass is 448 g/mol. The van der Waals surface area contributed by atoms with E-state index in [1.165, 1.54) is 4.31 Å². The Morgan fingerprint density at radius 1 is 1.03 bits per heavy atom. The van der Waals surface area contributed by atoms with Crippen LogP contribution in [0.2, 0.25) is 0 Å². The largest absolute Gasteiger partial charge is 0.493 e. The molecule has 7 nitrogen and oxygen atoms in total. The van der Waals surface area contributed by atoms with Gasteiger partial charge in [-0.1, -0.05) is 19.1 Å². The first-order chi connectivity index (χ1) is 14.5. The number of ether oxygens (including phenoxy) is 2. The molecule has 2 aromatic rings. The van der Waals surface area contributed by atoms with Gasteiger partial charge >= 0.3 is 0 Å². The summed E-state index contributed by atoms with van der Waals surface area (Å²) in [7, 11) is -0.573. The fourth-order valence-corrected chi connectivity index (χ4v) is 4.83. The quantitative estimate of drug-likeness (QED) is 0.632. The summed E-state index contributed by atoms with van der Waals surface area (Å²) in [5.74, 6) is 0.777. The van der Waals surface area contributed by atoms with E-state index in [1.807, 2.05) is 39.0 Å². The Hall–Kier alpha value is -2.74. The Morgan fingerprint density at radius 3 is 2.10 bits per heavy atom. The molecule has 0 aliphatic heterocycles. The van der Waals surface area contributed by atoms with Gasteiger partial charge < -0.3 is 14.8 Å². The predicted octanol–water partition coefficient (Wildman–Crippen LogP) is 3.74. The second-order valence-corrected chi connectivity index (χ2v) is 9.52. The number of sulfonamides is 1. The zero-order chi connectivity index (χ0) is 23.3. The van der Waals surface area contributed by atoms with Crippen LogP contribution in [0.25, 0.3) is 0 Å². The summed E-state index contributed by atoms with van der Waals surface area (Å²) in [5.41, 5.74) is 3.17. The molecule has 0 aliphatic carbocycles. The third kappa shape index (κ3) is 5.91. The Bertz CT molecular complexity index is 1020. The van der Waals surface area contributed by atoms with Crippen LogP contribution in [0.5, 0.6) is 11.5 Å². The lowest BCUT2D eigenvalue weighted by Crippen LogP contribution is -2.48. The number of nitrogens with one attached hydrogen (secondary N) is 1. The fourth-order valence-electron chi connectivity index (χ4n) is 3.67. The van der Waals surface area contributed by atoms with E-state index in [0.29, 0.717) is 23.6 Å². The number of hydrogen-bond donors (Lipinski definition) is 1. The van der Waals surface area contributed by atoms with Gasteiger partial charge in [0, 0.05) is 0 Å². The first-order valence-electron chi connectivity index (χ1n) is 10.1. The first-order valence-corrected chi connectivity index (χ1v) is 12.0. The Morgan fingerprint density at radius 2 is 1.61 bits per heavy atom. The second-order valence-electron chi connectivity index (χ2n) is 7.66. The number of carbonyl (C=O) groups is 1. The summed E-state index contributed by atoms with van der Waals surface area (Å²) < 4.78 is 37.0. The highest BCUT2D eigenvalue weighted by atomic mass is 32.2. The molecule has 1 N–H and O–H groups in total. The van der Waals surface area contributed by atoms with E-state index in [1.54, 1.807) is 39.3 Å². The molecular formula is C23H32N2O5S. The number of methoxy groups -OCH3 is 2. The lowest BCUT2D eigenvalue weighted by Gasteiger charge is -2.30. The molecule has 2 rings (SSSR count). The van der Waals surface area contributed by atoms with Gasteiger partial charge in [0.05, 0.1) is 32.2 Å². The number of anilines is 1. The highest BCUT2D eigenvalue weighted by Gasteiger charge is 2.30. The summed E-state index contributed by atoms with van der Waals surface area (Å²) >= 11 is 0. The average molecular weight is 449 g/mol. The maximum atomic E-state index is 13.1. The Kier molecular flexibility index (Phi) is 7.95. The molecule has 8 heteroatoms. The molecule has 0 spiro atoms. The van der Waals surface area contributed by atoms with Gasteiger partial charge in [-0.3, -0.25) is 9.10 Å². The molecule has 0 radical (unpaired) electrons. The minimum atomic E-state index is -3.69. The van der Waals surface area contributed by atoms with Crippen molar-refractivity contribution in [1.82, 2.24) is 5.32 Å². The predicted molar refractivity (Wildman–Crippen MR) is 123 cm³/mol. The van der Waals surface area contributed by atoms with Crippen molar-refractivity contribution < 1.29 is 22.7 Å². The van der Waals surface area contributed by atoms with E-state index in [-0.39, 0.29) is 11.9 Å². The third-order valence-corrected chi connectivity index (χ3v) is 6.33. The van der Waals surface area contributed by atoms with Crippen LogP contribution >= 0.6 is 0 Å². The van der Waals surface area contributed by atoms with Crippen LogP contribution in [0, 0.1) is 13.8 Å². The SMILES string of the molecule is CCC(NC(=O)C(C)N(c1cc(C)cc(C)c1)S(C)(=O)=O)c1ccc(OC)c(OC)c1. The molecule has 2 atom stereocenters. The van der Waals surface area contributed by atoms with E-state index in [9.17, 15) is 13.2 Å². The average Bonchev–Trinajstić information content (AvgIpc) is 2.69. The molecule has 170 valence electrons. The first kappa shape index (κ1) is 24.5. The van der Waals surface area contributed by atoms with E-state index in [0.717, 1.165) is 22.9 Å². The summed E-state index contributed by atoms with van der Waals surface area (Å²) in [6, 6.07) is 9.71. The summed E-state index contributed by atoms with van der Waals surface area (Å²) in [5, 5.41) is 2.98. The van der Waals surface area contributed by atoms with E-state index in [4.69, 9.17) is 9.47 Å². The Balaban J connectivity index is 2.34. The number of benzene rings is 2. The number of nitrogens with zero attached hydrogens (tertiary/aromatic N) is 1. The van der Waals surface area contributed by atoms with Crippen molar-refractivity contribution in [3.05, 3.63) is 53.1 Å². The van der Waals surface area contributed by atoms with Gasteiger partial charge in [-0.15, -0.1) is 0 Å². The number of aryl methyl sites for hydroxylation is 2. The lowest BCUT2D eigenvalue weighted by molar-refractivity contribution is -0.122. The van der Waals surface area contributed by atoms with Crippen molar-refractivity contribution >= 4 is 21.6 Å². The second kappa shape index (κ2) is 10.0. The van der Waals surface area contributed by atoms with Crippen molar-refractivity contribution in [3.8, 4) is 11.5 Å². The summed E-state index contributed by atoms with van der Waals surface area (Å²) in [6.45, 7) is 7.33. The minimum absolute atomic E-state index is 0.310. The molecule has 0 saturated heterocycles. The highest BCUT2D eigenvalue weighted by molar-refractivity contribution is 7.92. The van der Waals surface area contributed by atoms with Gasteiger partial charge in [0.2, 0.25) is 15.9 Å². The zero-order valence-corrected chi connectivity index (χ0v) is 20.0. The number of hydrogen-bond acceptors (Lipinski definition) is 5. The maximum absolute atomic E-state index is 13.1. The van der Waals surface area contributed by atoms with Crippen molar-refractivity contribution in [2.45, 2.75) is 46.2 Å². The maximum Gasteiger partial charge on any atom is 0.244 e. The van der Waals surface area contributed by atoms with E-state index >= 15 is 0 Å². The Labute approximate surface area is 185 Å². The van der Waals surface area contributed by atoms with Crippen LogP contribution in [-0.4, -0.2) is 40.8 Å². The summed E-state index contributed by atoms with van der Waals surface area (Å²) in [4.78, 5) is 13.1. The number of amides is 1. The molecule has 0 saturated carbocycles. The van der Waals surface area contributed by atoms with Gasteiger partial charge in [-0.25, -0.2) is 8.42 Å². The van der Waals surface area contributed by atoms with Crippen molar-refractivity contribution in [3.63, 3.8) is 0 Å². The molecule has 0 fully saturated rings. The number of rotatable bonds is 9.